The van der Waals surface area contributed by atoms with E-state index in [-0.39, 0.29) is 13.2 Å². The van der Waals surface area contributed by atoms with Crippen LogP contribution in [0.2, 0.25) is 0 Å². The van der Waals surface area contributed by atoms with Crippen molar-refractivity contribution in [3.8, 4) is 11.1 Å². The fraction of sp³-hybridized carbons (Fsp3) is 0.550. The van der Waals surface area contributed by atoms with Crippen molar-refractivity contribution in [3.63, 3.8) is 0 Å². The molecule has 25 heavy (non-hydrogen) atoms. The Balaban J connectivity index is 1.90. The maximum atomic E-state index is 9.26. The number of benzene rings is 1. The van der Waals surface area contributed by atoms with E-state index < -0.39 is 5.54 Å². The fourth-order valence-corrected chi connectivity index (χ4v) is 2.80. The largest absolute Gasteiger partial charge is 0.394 e. The number of hydrogen-bond acceptors (Lipinski definition) is 4. The van der Waals surface area contributed by atoms with Crippen LogP contribution in [-0.4, -0.2) is 38.7 Å². The van der Waals surface area contributed by atoms with Crippen molar-refractivity contribution < 1.29 is 10.2 Å². The summed E-state index contributed by atoms with van der Waals surface area (Å²) in [7, 11) is 0. The van der Waals surface area contributed by atoms with Gasteiger partial charge in [0.25, 0.3) is 0 Å². The van der Waals surface area contributed by atoms with E-state index in [1.807, 2.05) is 10.9 Å². The zero-order valence-electron chi connectivity index (χ0n) is 15.2. The van der Waals surface area contributed by atoms with Gasteiger partial charge >= 0.3 is 0 Å². The lowest BCUT2D eigenvalue weighted by atomic mass is 9.93. The van der Waals surface area contributed by atoms with E-state index in [9.17, 15) is 10.2 Å². The summed E-state index contributed by atoms with van der Waals surface area (Å²) < 4.78 is 2.02. The van der Waals surface area contributed by atoms with Gasteiger partial charge in [-0.1, -0.05) is 50.5 Å². The summed E-state index contributed by atoms with van der Waals surface area (Å²) in [6.07, 6.45) is 10.3. The Bertz CT molecular complexity index is 618. The van der Waals surface area contributed by atoms with Crippen LogP contribution in [0.1, 0.15) is 44.6 Å². The number of aliphatic hydroxyl groups is 2. The SMILES string of the molecule is CCCCCCn1cc(-c2ccc(CCC(N)(CO)CO)cc2)cn1. The van der Waals surface area contributed by atoms with Crippen LogP contribution in [0.3, 0.4) is 0 Å². The van der Waals surface area contributed by atoms with Crippen molar-refractivity contribution in [1.82, 2.24) is 9.78 Å². The van der Waals surface area contributed by atoms with Crippen LogP contribution < -0.4 is 5.73 Å². The van der Waals surface area contributed by atoms with Crippen LogP contribution in [-0.2, 0) is 13.0 Å². The second-order valence-electron chi connectivity index (χ2n) is 6.93. The van der Waals surface area contributed by atoms with Crippen molar-refractivity contribution in [2.75, 3.05) is 13.2 Å². The molecule has 1 aromatic carbocycles. The zero-order chi connectivity index (χ0) is 18.1. The van der Waals surface area contributed by atoms with Gasteiger partial charge in [-0.15, -0.1) is 0 Å². The highest BCUT2D eigenvalue weighted by Crippen LogP contribution is 2.21. The molecule has 0 saturated heterocycles. The van der Waals surface area contributed by atoms with Crippen molar-refractivity contribution >= 4 is 0 Å². The Morgan fingerprint density at radius 3 is 2.40 bits per heavy atom. The molecular formula is C20H31N3O2. The number of aliphatic hydroxyl groups excluding tert-OH is 2. The van der Waals surface area contributed by atoms with Gasteiger partial charge in [-0.25, -0.2) is 0 Å². The molecule has 5 nitrogen and oxygen atoms in total. The Kier molecular flexibility index (Phi) is 7.62. The molecule has 0 atom stereocenters. The first kappa shape index (κ1) is 19.6. The maximum Gasteiger partial charge on any atom is 0.0633 e. The van der Waals surface area contributed by atoms with Gasteiger partial charge in [-0.2, -0.15) is 5.10 Å². The molecule has 1 aromatic heterocycles. The predicted molar refractivity (Wildman–Crippen MR) is 101 cm³/mol. The smallest absolute Gasteiger partial charge is 0.0633 e. The number of aromatic nitrogens is 2. The maximum absolute atomic E-state index is 9.26. The minimum Gasteiger partial charge on any atom is -0.394 e. The van der Waals surface area contributed by atoms with Crippen LogP contribution in [0.25, 0.3) is 11.1 Å². The highest BCUT2D eigenvalue weighted by Gasteiger charge is 2.22. The van der Waals surface area contributed by atoms with E-state index in [0.29, 0.717) is 6.42 Å². The summed E-state index contributed by atoms with van der Waals surface area (Å²) >= 11 is 0. The van der Waals surface area contributed by atoms with Crippen molar-refractivity contribution in [2.24, 2.45) is 5.73 Å². The number of rotatable bonds is 11. The van der Waals surface area contributed by atoms with E-state index in [0.717, 1.165) is 29.7 Å². The fourth-order valence-electron chi connectivity index (χ4n) is 2.80. The van der Waals surface area contributed by atoms with Gasteiger partial charge < -0.3 is 15.9 Å². The molecule has 2 aromatic rings. The third-order valence-corrected chi connectivity index (χ3v) is 4.70. The standard InChI is InChI=1S/C20H31N3O2/c1-2-3-4-5-12-23-14-19(13-22-23)18-8-6-17(7-9-18)10-11-20(21,15-24)16-25/h6-9,13-14,24-25H,2-5,10-12,15-16,21H2,1H3. The van der Waals surface area contributed by atoms with E-state index in [1.54, 1.807) is 0 Å². The molecule has 0 unspecified atom stereocenters. The number of unbranched alkanes of at least 4 members (excludes halogenated alkanes) is 3. The minimum absolute atomic E-state index is 0.209. The number of nitrogens with zero attached hydrogens (tertiary/aromatic N) is 2. The first-order chi connectivity index (χ1) is 12.1. The topological polar surface area (TPSA) is 84.3 Å². The van der Waals surface area contributed by atoms with Crippen molar-refractivity contribution in [1.29, 1.82) is 0 Å². The summed E-state index contributed by atoms with van der Waals surface area (Å²) in [5, 5.41) is 23.0. The Labute approximate surface area is 150 Å². The van der Waals surface area contributed by atoms with E-state index in [1.165, 1.54) is 25.7 Å². The van der Waals surface area contributed by atoms with Gasteiger partial charge in [0, 0.05) is 18.3 Å². The Morgan fingerprint density at radius 1 is 1.04 bits per heavy atom. The number of aryl methyl sites for hydroxylation is 2. The highest BCUT2D eigenvalue weighted by atomic mass is 16.3. The third kappa shape index (κ3) is 5.96. The molecule has 2 rings (SSSR count). The van der Waals surface area contributed by atoms with Crippen LogP contribution in [0.5, 0.6) is 0 Å². The summed E-state index contributed by atoms with van der Waals surface area (Å²) in [5.41, 5.74) is 8.43. The molecule has 5 heteroatoms. The third-order valence-electron chi connectivity index (χ3n) is 4.70. The summed E-state index contributed by atoms with van der Waals surface area (Å²) in [4.78, 5) is 0. The average Bonchev–Trinajstić information content (AvgIpc) is 3.13. The van der Waals surface area contributed by atoms with Gasteiger partial charge in [0.15, 0.2) is 0 Å². The van der Waals surface area contributed by atoms with Gasteiger partial charge in [0.1, 0.15) is 0 Å². The highest BCUT2D eigenvalue weighted by molar-refractivity contribution is 5.61. The normalized spacial score (nSPS) is 11.8. The van der Waals surface area contributed by atoms with Gasteiger partial charge in [-0.05, 0) is 30.4 Å². The molecule has 0 amide bonds. The van der Waals surface area contributed by atoms with Crippen LogP contribution in [0, 0.1) is 0 Å². The van der Waals surface area contributed by atoms with E-state index >= 15 is 0 Å². The average molecular weight is 345 g/mol. The van der Waals surface area contributed by atoms with Crippen LogP contribution in [0.15, 0.2) is 36.7 Å². The molecule has 1 heterocycles. The van der Waals surface area contributed by atoms with E-state index in [4.69, 9.17) is 5.73 Å². The molecular weight excluding hydrogens is 314 g/mol. The molecule has 4 N–H and O–H groups in total. The minimum atomic E-state index is -0.905. The van der Waals surface area contributed by atoms with Crippen molar-refractivity contribution in [3.05, 3.63) is 42.2 Å². The number of hydrogen-bond donors (Lipinski definition) is 3. The molecule has 0 bridgehead atoms. The zero-order valence-corrected chi connectivity index (χ0v) is 15.2. The monoisotopic (exact) mass is 345 g/mol. The van der Waals surface area contributed by atoms with E-state index in [2.05, 4.69) is 42.5 Å². The van der Waals surface area contributed by atoms with Crippen LogP contribution in [0.4, 0.5) is 0 Å². The first-order valence-corrected chi connectivity index (χ1v) is 9.22. The molecule has 0 saturated carbocycles. The van der Waals surface area contributed by atoms with Crippen LogP contribution >= 0.6 is 0 Å². The number of nitrogens with two attached hydrogens (primary N) is 1. The van der Waals surface area contributed by atoms with Gasteiger partial charge in [-0.3, -0.25) is 4.68 Å². The molecule has 0 spiro atoms. The van der Waals surface area contributed by atoms with Crippen molar-refractivity contribution in [2.45, 2.75) is 57.5 Å². The Morgan fingerprint density at radius 2 is 1.76 bits per heavy atom. The molecule has 0 aliphatic carbocycles. The Hall–Kier alpha value is -1.69. The lowest BCUT2D eigenvalue weighted by Gasteiger charge is -2.24. The quantitative estimate of drug-likeness (QED) is 0.547. The van der Waals surface area contributed by atoms with Gasteiger partial charge in [0.05, 0.1) is 24.9 Å². The lowest BCUT2D eigenvalue weighted by Crippen LogP contribution is -2.47. The lowest BCUT2D eigenvalue weighted by molar-refractivity contribution is 0.115. The summed E-state index contributed by atoms with van der Waals surface area (Å²) in [6.45, 7) is 2.77. The summed E-state index contributed by atoms with van der Waals surface area (Å²) in [5.74, 6) is 0. The molecule has 0 fully saturated rings. The molecule has 0 aliphatic heterocycles. The van der Waals surface area contributed by atoms with Gasteiger partial charge in [0.2, 0.25) is 0 Å². The summed E-state index contributed by atoms with van der Waals surface area (Å²) in [6, 6.07) is 8.32. The molecule has 138 valence electrons. The molecule has 0 radical (unpaired) electrons. The molecule has 0 aliphatic rings. The second-order valence-corrected chi connectivity index (χ2v) is 6.93. The predicted octanol–water partition coefficient (Wildman–Crippen LogP) is 2.75. The first-order valence-electron chi connectivity index (χ1n) is 9.22. The second kappa shape index (κ2) is 9.70.